The number of urea groups is 1. The van der Waals surface area contributed by atoms with Crippen LogP contribution in [0.1, 0.15) is 44.7 Å². The van der Waals surface area contributed by atoms with E-state index in [4.69, 9.17) is 0 Å². The average molecular weight is 359 g/mol. The van der Waals surface area contributed by atoms with E-state index in [2.05, 4.69) is 10.6 Å². The predicted molar refractivity (Wildman–Crippen MR) is 103 cm³/mol. The summed E-state index contributed by atoms with van der Waals surface area (Å²) in [5.41, 5.74) is 2.16. The molecular weight excluding hydrogens is 330 g/mol. The van der Waals surface area contributed by atoms with Crippen LogP contribution in [-0.2, 0) is 4.79 Å². The topological polar surface area (TPSA) is 81.7 Å². The second-order valence-corrected chi connectivity index (χ2v) is 6.96. The first-order chi connectivity index (χ1) is 12.4. The number of hydrogen-bond acceptors (Lipinski definition) is 3. The molecule has 1 aromatic rings. The maximum Gasteiger partial charge on any atom is 0.318 e. The van der Waals surface area contributed by atoms with Gasteiger partial charge in [-0.05, 0) is 31.9 Å². The molecule has 3 amide bonds. The van der Waals surface area contributed by atoms with E-state index < -0.39 is 0 Å². The third kappa shape index (κ3) is 4.43. The van der Waals surface area contributed by atoms with Crippen LogP contribution < -0.4 is 10.6 Å². The van der Waals surface area contributed by atoms with Gasteiger partial charge in [-0.2, -0.15) is 0 Å². The molecule has 0 aromatic heterocycles. The molecule has 0 bridgehead atoms. The van der Waals surface area contributed by atoms with Crippen molar-refractivity contribution in [1.29, 1.82) is 0 Å². The maximum absolute atomic E-state index is 12.6. The highest BCUT2D eigenvalue weighted by Gasteiger charge is 2.51. The molecule has 1 aromatic carbocycles. The molecule has 1 fully saturated rings. The molecule has 0 unspecified atom stereocenters. The molecule has 1 saturated heterocycles. The summed E-state index contributed by atoms with van der Waals surface area (Å²) in [4.78, 5) is 25.6. The molecule has 3 N–H and O–H groups in total. The average Bonchev–Trinajstić information content (AvgIpc) is 2.55. The lowest BCUT2D eigenvalue weighted by Crippen LogP contribution is -2.70. The van der Waals surface area contributed by atoms with Crippen molar-refractivity contribution in [1.82, 2.24) is 15.5 Å². The van der Waals surface area contributed by atoms with Crippen molar-refractivity contribution in [2.24, 2.45) is 0 Å². The third-order valence-corrected chi connectivity index (χ3v) is 4.62. The van der Waals surface area contributed by atoms with Crippen molar-refractivity contribution in [3.8, 4) is 0 Å². The number of benzene rings is 1. The maximum atomic E-state index is 12.6. The van der Waals surface area contributed by atoms with Crippen molar-refractivity contribution in [3.05, 3.63) is 41.5 Å². The highest BCUT2D eigenvalue weighted by Crippen LogP contribution is 2.40. The minimum atomic E-state index is -0.305. The van der Waals surface area contributed by atoms with Gasteiger partial charge in [0.25, 0.3) is 0 Å². The van der Waals surface area contributed by atoms with Crippen LogP contribution >= 0.6 is 0 Å². The summed E-state index contributed by atoms with van der Waals surface area (Å²) in [7, 11) is 0. The molecule has 2 rings (SSSR count). The lowest BCUT2D eigenvalue weighted by atomic mass is 9.75. The van der Waals surface area contributed by atoms with Crippen LogP contribution in [0.2, 0.25) is 0 Å². The fraction of sp³-hybridized carbons (Fsp3) is 0.500. The number of hydrogen-bond donors (Lipinski definition) is 3. The van der Waals surface area contributed by atoms with Crippen LogP contribution in [0.15, 0.2) is 30.3 Å². The monoisotopic (exact) mass is 359 g/mol. The molecule has 0 radical (unpaired) electrons. The van der Waals surface area contributed by atoms with Crippen molar-refractivity contribution in [2.45, 2.75) is 51.7 Å². The van der Waals surface area contributed by atoms with Crippen LogP contribution in [0.3, 0.4) is 0 Å². The van der Waals surface area contributed by atoms with Gasteiger partial charge in [-0.1, -0.05) is 36.4 Å². The van der Waals surface area contributed by atoms with E-state index in [9.17, 15) is 14.7 Å². The van der Waals surface area contributed by atoms with Crippen LogP contribution in [0, 0.1) is 0 Å². The van der Waals surface area contributed by atoms with Crippen molar-refractivity contribution in [3.63, 3.8) is 0 Å². The van der Waals surface area contributed by atoms with Gasteiger partial charge < -0.3 is 20.6 Å². The summed E-state index contributed by atoms with van der Waals surface area (Å²) < 4.78 is 0. The summed E-state index contributed by atoms with van der Waals surface area (Å²) in [6.07, 6.45) is 4.00. The van der Waals surface area contributed by atoms with Gasteiger partial charge in [-0.25, -0.2) is 4.79 Å². The minimum Gasteiger partial charge on any atom is -0.394 e. The van der Waals surface area contributed by atoms with Crippen LogP contribution in [0.5, 0.6) is 0 Å². The summed E-state index contributed by atoms with van der Waals surface area (Å²) in [6.45, 7) is 7.46. The number of carbonyl (C=O) groups excluding carboxylic acids is 2. The second-order valence-electron chi connectivity index (χ2n) is 6.96. The Labute approximate surface area is 155 Å². The van der Waals surface area contributed by atoms with Crippen molar-refractivity contribution >= 4 is 18.0 Å². The standard InChI is InChI=1S/C20H29N3O3/c1-5-6-15-7-9-16(10-8-15)19-17(11-21-14(4)25)23(18(19)12-24)20(26)22-13(2)3/h5-10,13,17-19,24H,11-12H2,1-4H3,(H,21,25)(H,22,26)/b6-5+/t17-,18-,19-/m1/s1. The number of carbonyl (C=O) groups is 2. The molecule has 3 atom stereocenters. The quantitative estimate of drug-likeness (QED) is 0.727. The van der Waals surface area contributed by atoms with Crippen LogP contribution in [-0.4, -0.2) is 53.2 Å². The first-order valence-electron chi connectivity index (χ1n) is 9.05. The Hall–Kier alpha value is -2.34. The number of aliphatic hydroxyl groups is 1. The zero-order valence-electron chi connectivity index (χ0n) is 15.9. The van der Waals surface area contributed by atoms with E-state index >= 15 is 0 Å². The highest BCUT2D eigenvalue weighted by atomic mass is 16.3. The predicted octanol–water partition coefficient (Wildman–Crippen LogP) is 2.10. The lowest BCUT2D eigenvalue weighted by Gasteiger charge is -2.54. The first-order valence-corrected chi connectivity index (χ1v) is 9.05. The van der Waals surface area contributed by atoms with E-state index in [0.29, 0.717) is 6.54 Å². The van der Waals surface area contributed by atoms with Gasteiger partial charge in [0, 0.05) is 25.4 Å². The lowest BCUT2D eigenvalue weighted by molar-refractivity contribution is -0.119. The van der Waals surface area contributed by atoms with Gasteiger partial charge in [0.2, 0.25) is 5.91 Å². The molecule has 0 saturated carbocycles. The van der Waals surface area contributed by atoms with E-state index in [1.165, 1.54) is 6.92 Å². The van der Waals surface area contributed by atoms with Crippen LogP contribution in [0.4, 0.5) is 4.79 Å². The number of aliphatic hydroxyl groups excluding tert-OH is 1. The molecule has 26 heavy (non-hydrogen) atoms. The second kappa shape index (κ2) is 8.85. The van der Waals surface area contributed by atoms with E-state index in [0.717, 1.165) is 11.1 Å². The van der Waals surface area contributed by atoms with Crippen LogP contribution in [0.25, 0.3) is 6.08 Å². The number of amides is 3. The number of nitrogens with zero attached hydrogens (tertiary/aromatic N) is 1. The zero-order chi connectivity index (χ0) is 19.3. The van der Waals surface area contributed by atoms with Gasteiger partial charge in [-0.15, -0.1) is 0 Å². The third-order valence-electron chi connectivity index (χ3n) is 4.62. The van der Waals surface area contributed by atoms with E-state index in [1.807, 2.05) is 57.2 Å². The Kier molecular flexibility index (Phi) is 6.80. The van der Waals surface area contributed by atoms with E-state index in [-0.39, 0.29) is 42.6 Å². The number of allylic oxidation sites excluding steroid dienone is 1. The Bertz CT molecular complexity index is 655. The van der Waals surface area contributed by atoms with Gasteiger partial charge in [0.1, 0.15) is 0 Å². The molecule has 6 heteroatoms. The summed E-state index contributed by atoms with van der Waals surface area (Å²) >= 11 is 0. The minimum absolute atomic E-state index is 0.00224. The summed E-state index contributed by atoms with van der Waals surface area (Å²) in [5, 5.41) is 15.6. The SMILES string of the molecule is C/C=C/c1ccc([C@H]2[C@@H](CO)N(C(=O)NC(C)C)[C@@H]2CNC(C)=O)cc1. The molecule has 142 valence electrons. The van der Waals surface area contributed by atoms with E-state index in [1.54, 1.807) is 4.90 Å². The number of likely N-dealkylation sites (tertiary alicyclic amines) is 1. The first kappa shape index (κ1) is 20.0. The summed E-state index contributed by atoms with van der Waals surface area (Å²) in [5.74, 6) is -0.159. The fourth-order valence-corrected chi connectivity index (χ4v) is 3.51. The summed E-state index contributed by atoms with van der Waals surface area (Å²) in [6, 6.07) is 7.40. The molecule has 6 nitrogen and oxygen atoms in total. The number of nitrogens with one attached hydrogen (secondary N) is 2. The fourth-order valence-electron chi connectivity index (χ4n) is 3.51. The number of rotatable bonds is 6. The molecule has 1 aliphatic heterocycles. The van der Waals surface area contributed by atoms with Crippen molar-refractivity contribution in [2.75, 3.05) is 13.2 Å². The Morgan fingerprint density at radius 2 is 1.88 bits per heavy atom. The Morgan fingerprint density at radius 3 is 2.38 bits per heavy atom. The highest BCUT2D eigenvalue weighted by molar-refractivity contribution is 5.77. The molecular formula is C20H29N3O3. The Balaban J connectivity index is 2.26. The zero-order valence-corrected chi connectivity index (χ0v) is 15.9. The molecule has 0 aliphatic carbocycles. The molecule has 1 heterocycles. The van der Waals surface area contributed by atoms with Gasteiger partial charge in [0.15, 0.2) is 0 Å². The smallest absolute Gasteiger partial charge is 0.318 e. The van der Waals surface area contributed by atoms with Gasteiger partial charge >= 0.3 is 6.03 Å². The van der Waals surface area contributed by atoms with Gasteiger partial charge in [-0.3, -0.25) is 4.79 Å². The molecule has 0 spiro atoms. The molecule has 1 aliphatic rings. The largest absolute Gasteiger partial charge is 0.394 e. The normalized spacial score (nSPS) is 22.4. The van der Waals surface area contributed by atoms with Crippen molar-refractivity contribution < 1.29 is 14.7 Å². The Morgan fingerprint density at radius 1 is 1.23 bits per heavy atom. The van der Waals surface area contributed by atoms with Gasteiger partial charge in [0.05, 0.1) is 18.7 Å².